The van der Waals surface area contributed by atoms with Gasteiger partial charge in [-0.15, -0.1) is 11.1 Å². The van der Waals surface area contributed by atoms with Crippen LogP contribution in [0.2, 0.25) is 0 Å². The van der Waals surface area contributed by atoms with Crippen molar-refractivity contribution in [1.82, 2.24) is 0 Å². The summed E-state index contributed by atoms with van der Waals surface area (Å²) in [5.74, 6) is 0. The SMILES string of the molecule is CCCCc1cc2c([c-]c1C)Cc1cc(C)c(CCCC)cc1-2.[Cl-].[Cl-].[Zr+3]. The molecule has 1 radical (unpaired) electrons. The average Bonchev–Trinajstić information content (AvgIpc) is 2.86. The summed E-state index contributed by atoms with van der Waals surface area (Å²) in [5.41, 5.74) is 11.7. The van der Waals surface area contributed by atoms with Crippen LogP contribution in [0, 0.1) is 19.9 Å². The topological polar surface area (TPSA) is 0 Å². The van der Waals surface area contributed by atoms with Crippen molar-refractivity contribution in [1.29, 1.82) is 0 Å². The van der Waals surface area contributed by atoms with Crippen LogP contribution in [-0.4, -0.2) is 0 Å². The Kier molecular flexibility index (Phi) is 11.6. The van der Waals surface area contributed by atoms with Crippen molar-refractivity contribution < 1.29 is 51.0 Å². The molecule has 1 aliphatic rings. The third kappa shape index (κ3) is 5.46. The van der Waals surface area contributed by atoms with Gasteiger partial charge >= 0.3 is 26.2 Å². The maximum Gasteiger partial charge on any atom is 3.00 e. The molecular formula is C23H29Cl2Zr. The first-order valence-electron chi connectivity index (χ1n) is 9.31. The van der Waals surface area contributed by atoms with E-state index in [1.165, 1.54) is 83.0 Å². The fourth-order valence-corrected chi connectivity index (χ4v) is 3.79. The molecule has 0 fully saturated rings. The standard InChI is InChI=1S/C23H29.2ClH.Zr/c1-5-7-9-18-14-22-20(11-16(18)3)13-21-12-17(4)19(10-8-6-2)15-23(21)22;;;/h11,14-15H,5-10,13H2,1-4H3;2*1H;/q-1;;;+3/p-2. The van der Waals surface area contributed by atoms with E-state index in [0.29, 0.717) is 0 Å². The monoisotopic (exact) mass is 465 g/mol. The number of hydrogen-bond donors (Lipinski definition) is 0. The van der Waals surface area contributed by atoms with E-state index in [2.05, 4.69) is 52.0 Å². The maximum absolute atomic E-state index is 3.69. The molecule has 0 amide bonds. The molecule has 0 N–H and O–H groups in total. The van der Waals surface area contributed by atoms with Gasteiger partial charge in [-0.05, 0) is 42.9 Å². The van der Waals surface area contributed by atoms with Crippen LogP contribution in [0.1, 0.15) is 72.9 Å². The summed E-state index contributed by atoms with van der Waals surface area (Å²) in [5, 5.41) is 0. The number of halogens is 2. The summed E-state index contributed by atoms with van der Waals surface area (Å²) in [4.78, 5) is 0. The molecule has 3 heteroatoms. The summed E-state index contributed by atoms with van der Waals surface area (Å²) in [7, 11) is 0. The summed E-state index contributed by atoms with van der Waals surface area (Å²) < 4.78 is 0. The Morgan fingerprint density at radius 3 is 2.04 bits per heavy atom. The second-order valence-electron chi connectivity index (χ2n) is 7.13. The second-order valence-corrected chi connectivity index (χ2v) is 7.13. The zero-order valence-corrected chi connectivity index (χ0v) is 20.4. The van der Waals surface area contributed by atoms with Crippen LogP contribution in [0.4, 0.5) is 0 Å². The third-order valence-corrected chi connectivity index (χ3v) is 5.28. The summed E-state index contributed by atoms with van der Waals surface area (Å²) in [6.45, 7) is 9.04. The van der Waals surface area contributed by atoms with E-state index in [0.717, 1.165) is 6.42 Å². The van der Waals surface area contributed by atoms with E-state index in [1.807, 2.05) is 0 Å². The molecule has 2 aromatic carbocycles. The van der Waals surface area contributed by atoms with Crippen LogP contribution in [-0.2, 0) is 45.5 Å². The van der Waals surface area contributed by atoms with Gasteiger partial charge in [0.2, 0.25) is 0 Å². The predicted molar refractivity (Wildman–Crippen MR) is 100 cm³/mol. The number of unbranched alkanes of at least 4 members (excludes halogenated alkanes) is 2. The fourth-order valence-electron chi connectivity index (χ4n) is 3.79. The quantitative estimate of drug-likeness (QED) is 0.460. The van der Waals surface area contributed by atoms with Gasteiger partial charge < -0.3 is 24.8 Å². The Morgan fingerprint density at radius 1 is 0.846 bits per heavy atom. The van der Waals surface area contributed by atoms with Crippen LogP contribution in [0.5, 0.6) is 0 Å². The molecular weight excluding hydrogens is 438 g/mol. The molecule has 0 atom stereocenters. The molecule has 2 aromatic rings. The molecule has 26 heavy (non-hydrogen) atoms. The molecule has 139 valence electrons. The van der Waals surface area contributed by atoms with Gasteiger partial charge in [-0.25, -0.2) is 0 Å². The first-order chi connectivity index (χ1) is 11.1. The number of hydrogen-bond acceptors (Lipinski definition) is 0. The fraction of sp³-hybridized carbons (Fsp3) is 0.478. The molecule has 0 unspecified atom stereocenters. The number of aryl methyl sites for hydroxylation is 4. The zero-order chi connectivity index (χ0) is 16.4. The first-order valence-corrected chi connectivity index (χ1v) is 9.31. The minimum Gasteiger partial charge on any atom is -1.00 e. The van der Waals surface area contributed by atoms with Gasteiger partial charge in [0.05, 0.1) is 0 Å². The van der Waals surface area contributed by atoms with Crippen molar-refractivity contribution in [2.45, 2.75) is 72.6 Å². The molecule has 0 heterocycles. The van der Waals surface area contributed by atoms with E-state index in [-0.39, 0.29) is 51.0 Å². The van der Waals surface area contributed by atoms with Crippen LogP contribution in [0.15, 0.2) is 18.2 Å². The molecule has 0 bridgehead atoms. The van der Waals surface area contributed by atoms with Crippen molar-refractivity contribution in [3.05, 3.63) is 57.6 Å². The normalized spacial score (nSPS) is 10.9. The molecule has 0 aliphatic heterocycles. The number of benzene rings is 2. The zero-order valence-electron chi connectivity index (χ0n) is 16.4. The van der Waals surface area contributed by atoms with Gasteiger partial charge in [-0.2, -0.15) is 23.3 Å². The van der Waals surface area contributed by atoms with E-state index >= 15 is 0 Å². The van der Waals surface area contributed by atoms with Crippen LogP contribution in [0.25, 0.3) is 11.1 Å². The van der Waals surface area contributed by atoms with Crippen molar-refractivity contribution in [3.63, 3.8) is 0 Å². The van der Waals surface area contributed by atoms with Crippen molar-refractivity contribution in [3.8, 4) is 11.1 Å². The van der Waals surface area contributed by atoms with Gasteiger partial charge in [-0.1, -0.05) is 64.2 Å². The van der Waals surface area contributed by atoms with Gasteiger partial charge in [0, 0.05) is 0 Å². The minimum absolute atomic E-state index is 0. The molecule has 3 rings (SSSR count). The van der Waals surface area contributed by atoms with Gasteiger partial charge in [0.15, 0.2) is 0 Å². The van der Waals surface area contributed by atoms with Crippen LogP contribution < -0.4 is 24.8 Å². The van der Waals surface area contributed by atoms with Gasteiger partial charge in [-0.3, -0.25) is 0 Å². The Morgan fingerprint density at radius 2 is 1.42 bits per heavy atom. The predicted octanol–water partition coefficient (Wildman–Crippen LogP) is 0.366. The van der Waals surface area contributed by atoms with Gasteiger partial charge in [0.1, 0.15) is 0 Å². The van der Waals surface area contributed by atoms with Crippen LogP contribution >= 0.6 is 0 Å². The summed E-state index contributed by atoms with van der Waals surface area (Å²) >= 11 is 0. The molecule has 0 aromatic heterocycles. The smallest absolute Gasteiger partial charge is 1.00 e. The molecule has 0 saturated carbocycles. The molecule has 0 nitrogen and oxygen atoms in total. The van der Waals surface area contributed by atoms with E-state index < -0.39 is 0 Å². The summed E-state index contributed by atoms with van der Waals surface area (Å²) in [6, 6.07) is 11.1. The van der Waals surface area contributed by atoms with E-state index in [1.54, 1.807) is 0 Å². The van der Waals surface area contributed by atoms with E-state index in [4.69, 9.17) is 0 Å². The van der Waals surface area contributed by atoms with E-state index in [9.17, 15) is 0 Å². The Balaban J connectivity index is 0.00000208. The summed E-state index contributed by atoms with van der Waals surface area (Å²) in [6.07, 6.45) is 8.55. The molecule has 1 aliphatic carbocycles. The Bertz CT molecular complexity index is 661. The molecule has 0 spiro atoms. The second kappa shape index (κ2) is 11.7. The van der Waals surface area contributed by atoms with Gasteiger partial charge in [0.25, 0.3) is 0 Å². The first kappa shape index (κ1) is 25.9. The third-order valence-electron chi connectivity index (χ3n) is 5.28. The van der Waals surface area contributed by atoms with Crippen molar-refractivity contribution >= 4 is 0 Å². The average molecular weight is 468 g/mol. The maximum atomic E-state index is 3.69. The number of rotatable bonds is 6. The van der Waals surface area contributed by atoms with Crippen LogP contribution in [0.3, 0.4) is 0 Å². The molecule has 0 saturated heterocycles. The largest absolute Gasteiger partial charge is 3.00 e. The Hall–Kier alpha value is -0.0969. The van der Waals surface area contributed by atoms with Crippen molar-refractivity contribution in [2.75, 3.05) is 0 Å². The Labute approximate surface area is 191 Å². The van der Waals surface area contributed by atoms with Crippen molar-refractivity contribution in [2.24, 2.45) is 0 Å². The number of fused-ring (bicyclic) bond motifs is 3. The minimum atomic E-state index is 0.